The summed E-state index contributed by atoms with van der Waals surface area (Å²) in [5, 5.41) is 9.41. The minimum Gasteiger partial charge on any atom is -0.478 e. The first kappa shape index (κ1) is 12.5. The van der Waals surface area contributed by atoms with Crippen molar-refractivity contribution in [1.29, 1.82) is 0 Å². The number of aromatic carboxylic acids is 1. The summed E-state index contributed by atoms with van der Waals surface area (Å²) in [4.78, 5) is 61.3. The van der Waals surface area contributed by atoms with Crippen molar-refractivity contribution in [3.8, 4) is 11.5 Å². The van der Waals surface area contributed by atoms with E-state index < -0.39 is 99.0 Å². The van der Waals surface area contributed by atoms with Crippen LogP contribution in [0.25, 0.3) is 0 Å². The Balaban J connectivity index is 2.55. The number of benzene rings is 2. The standard InChI is InChI=1S/C19H12O8/c1-8(20)26-13-5-3-4-11-15(13)18(23)16-12(17(11)22)6-10(19(24)25)7-14(16)27-9(2)21/h3-7H,1-2H3,(H,24,25)/i3D,4D,5D,6D,7D. The van der Waals surface area contributed by atoms with Gasteiger partial charge in [-0.15, -0.1) is 0 Å². The number of carbonyl (C=O) groups is 5. The van der Waals surface area contributed by atoms with Crippen molar-refractivity contribution in [3.05, 3.63) is 58.0 Å². The quantitative estimate of drug-likeness (QED) is 0.546. The first-order valence-corrected chi connectivity index (χ1v) is 7.31. The number of esters is 2. The van der Waals surface area contributed by atoms with Gasteiger partial charge in [0.2, 0.25) is 5.78 Å². The molecule has 8 nitrogen and oxygen atoms in total. The van der Waals surface area contributed by atoms with Crippen molar-refractivity contribution in [1.82, 2.24) is 0 Å². The third-order valence-corrected chi connectivity index (χ3v) is 3.42. The van der Waals surface area contributed by atoms with Crippen LogP contribution in [0.15, 0.2) is 30.2 Å². The van der Waals surface area contributed by atoms with Crippen LogP contribution in [0.1, 0.15) is 62.9 Å². The molecule has 0 aromatic heterocycles. The van der Waals surface area contributed by atoms with E-state index in [-0.39, 0.29) is 0 Å². The van der Waals surface area contributed by atoms with Crippen LogP contribution in [0.2, 0.25) is 0 Å². The first-order valence-electron chi connectivity index (χ1n) is 9.81. The molecule has 0 atom stereocenters. The molecule has 0 heterocycles. The molecule has 2 aromatic carbocycles. The fourth-order valence-electron chi connectivity index (χ4n) is 2.47. The molecule has 0 radical (unpaired) electrons. The van der Waals surface area contributed by atoms with E-state index in [0.29, 0.717) is 0 Å². The van der Waals surface area contributed by atoms with Gasteiger partial charge >= 0.3 is 17.9 Å². The van der Waals surface area contributed by atoms with E-state index in [2.05, 4.69) is 0 Å². The number of carboxylic acids is 1. The van der Waals surface area contributed by atoms with Crippen LogP contribution in [0.5, 0.6) is 11.5 Å². The largest absolute Gasteiger partial charge is 0.478 e. The predicted molar refractivity (Wildman–Crippen MR) is 89.3 cm³/mol. The summed E-state index contributed by atoms with van der Waals surface area (Å²) in [7, 11) is 0. The maximum atomic E-state index is 13.4. The molecular weight excluding hydrogens is 356 g/mol. The second-order valence-corrected chi connectivity index (χ2v) is 5.31. The minimum absolute atomic E-state index is 0.765. The van der Waals surface area contributed by atoms with Gasteiger partial charge in [-0.1, -0.05) is 12.1 Å². The number of ether oxygens (including phenoxy) is 2. The zero-order valence-electron chi connectivity index (χ0n) is 18.8. The predicted octanol–water partition coefficient (Wildman–Crippen LogP) is 2.01. The molecule has 0 saturated heterocycles. The molecule has 0 fully saturated rings. The molecule has 0 unspecified atom stereocenters. The van der Waals surface area contributed by atoms with Gasteiger partial charge in [0.1, 0.15) is 11.5 Å². The number of fused-ring (bicyclic) bond motifs is 2. The summed E-state index contributed by atoms with van der Waals surface area (Å²) in [5.74, 6) is -8.10. The van der Waals surface area contributed by atoms with Crippen molar-refractivity contribution < 1.29 is 45.4 Å². The molecule has 8 heteroatoms. The van der Waals surface area contributed by atoms with Crippen LogP contribution in [0.3, 0.4) is 0 Å². The summed E-state index contributed by atoms with van der Waals surface area (Å²) in [5.41, 5.74) is -4.25. The van der Waals surface area contributed by atoms with Crippen molar-refractivity contribution in [2.75, 3.05) is 0 Å². The monoisotopic (exact) mass is 373 g/mol. The Hall–Kier alpha value is -3.81. The average Bonchev–Trinajstić information content (AvgIpc) is 2.67. The van der Waals surface area contributed by atoms with Crippen LogP contribution in [-0.2, 0) is 9.59 Å². The van der Waals surface area contributed by atoms with Crippen molar-refractivity contribution in [3.63, 3.8) is 0 Å². The van der Waals surface area contributed by atoms with Gasteiger partial charge in [0, 0.05) is 25.0 Å². The maximum Gasteiger partial charge on any atom is 0.335 e. The number of carboxylic acid groups (broad SMARTS) is 1. The molecule has 3 rings (SSSR count). The fourth-order valence-corrected chi connectivity index (χ4v) is 2.47. The van der Waals surface area contributed by atoms with Gasteiger partial charge in [-0.3, -0.25) is 19.2 Å². The van der Waals surface area contributed by atoms with Gasteiger partial charge in [-0.05, 0) is 18.1 Å². The highest BCUT2D eigenvalue weighted by Crippen LogP contribution is 2.38. The van der Waals surface area contributed by atoms with Gasteiger partial charge in [-0.2, -0.15) is 0 Å². The average molecular weight is 373 g/mol. The topological polar surface area (TPSA) is 124 Å². The maximum absolute atomic E-state index is 13.4. The lowest BCUT2D eigenvalue weighted by atomic mass is 9.82. The summed E-state index contributed by atoms with van der Waals surface area (Å²) < 4.78 is 49.8. The lowest BCUT2D eigenvalue weighted by molar-refractivity contribution is -0.132. The number of rotatable bonds is 3. The molecule has 0 aliphatic heterocycles. The van der Waals surface area contributed by atoms with Crippen molar-refractivity contribution >= 4 is 29.5 Å². The third kappa shape index (κ3) is 3.08. The summed E-state index contributed by atoms with van der Waals surface area (Å²) in [6.07, 6.45) is 0. The molecule has 2 aromatic rings. The number of hydrogen-bond acceptors (Lipinski definition) is 7. The van der Waals surface area contributed by atoms with E-state index in [0.717, 1.165) is 13.8 Å². The molecule has 1 aliphatic rings. The van der Waals surface area contributed by atoms with Gasteiger partial charge in [-0.25, -0.2) is 4.79 Å². The van der Waals surface area contributed by atoms with E-state index >= 15 is 0 Å². The summed E-state index contributed by atoms with van der Waals surface area (Å²) in [6.45, 7) is 1.82. The fraction of sp³-hybridized carbons (Fsp3) is 0.105. The van der Waals surface area contributed by atoms with Crippen LogP contribution in [0, 0.1) is 0 Å². The Morgan fingerprint density at radius 2 is 1.48 bits per heavy atom. The van der Waals surface area contributed by atoms with E-state index in [1.807, 2.05) is 0 Å². The van der Waals surface area contributed by atoms with Crippen LogP contribution in [0.4, 0.5) is 0 Å². The number of ketones is 2. The van der Waals surface area contributed by atoms with Gasteiger partial charge in [0.05, 0.1) is 23.5 Å². The molecule has 0 bridgehead atoms. The molecule has 136 valence electrons. The molecule has 0 spiro atoms. The molecule has 1 aliphatic carbocycles. The highest BCUT2D eigenvalue weighted by Gasteiger charge is 2.36. The number of hydrogen-bond donors (Lipinski definition) is 1. The highest BCUT2D eigenvalue weighted by molar-refractivity contribution is 6.30. The summed E-state index contributed by atoms with van der Waals surface area (Å²) >= 11 is 0. The van der Waals surface area contributed by atoms with E-state index in [1.54, 1.807) is 0 Å². The highest BCUT2D eigenvalue weighted by atomic mass is 16.5. The summed E-state index contributed by atoms with van der Waals surface area (Å²) in [6, 6.07) is -4.64. The lowest BCUT2D eigenvalue weighted by Crippen LogP contribution is -2.24. The Kier molecular flexibility index (Phi) is 3.01. The number of carbonyl (C=O) groups excluding carboxylic acids is 4. The van der Waals surface area contributed by atoms with Crippen LogP contribution >= 0.6 is 0 Å². The van der Waals surface area contributed by atoms with Crippen molar-refractivity contribution in [2.45, 2.75) is 13.8 Å². The van der Waals surface area contributed by atoms with E-state index in [9.17, 15) is 29.1 Å². The zero-order valence-corrected chi connectivity index (χ0v) is 13.8. The Labute approximate surface area is 159 Å². The van der Waals surface area contributed by atoms with E-state index in [4.69, 9.17) is 16.3 Å². The smallest absolute Gasteiger partial charge is 0.335 e. The SMILES string of the molecule is [2H]c1c([2H])c(OC(C)=O)c2c(c1[2H])C(=O)c1c([2H])c(C(=O)O)c([2H])c(OC(C)=O)c1C2=O. The molecule has 1 N–H and O–H groups in total. The Morgan fingerprint density at radius 1 is 0.889 bits per heavy atom. The van der Waals surface area contributed by atoms with Gasteiger partial charge < -0.3 is 14.6 Å². The first-order chi connectivity index (χ1) is 14.8. The zero-order chi connectivity index (χ0) is 24.2. The van der Waals surface area contributed by atoms with Gasteiger partial charge in [0.25, 0.3) is 0 Å². The Bertz CT molecular complexity index is 1300. The second kappa shape index (κ2) is 6.49. The molecule has 0 saturated carbocycles. The van der Waals surface area contributed by atoms with Crippen LogP contribution in [-0.4, -0.2) is 34.6 Å². The minimum atomic E-state index is -1.81. The lowest BCUT2D eigenvalue weighted by Gasteiger charge is -2.21. The molecule has 0 amide bonds. The van der Waals surface area contributed by atoms with E-state index in [1.165, 1.54) is 0 Å². The Morgan fingerprint density at radius 3 is 2.07 bits per heavy atom. The van der Waals surface area contributed by atoms with Crippen molar-refractivity contribution in [2.24, 2.45) is 0 Å². The van der Waals surface area contributed by atoms with Crippen LogP contribution < -0.4 is 9.47 Å². The molecule has 27 heavy (non-hydrogen) atoms. The third-order valence-electron chi connectivity index (χ3n) is 3.42. The van der Waals surface area contributed by atoms with Gasteiger partial charge in [0.15, 0.2) is 5.78 Å². The second-order valence-electron chi connectivity index (χ2n) is 5.31. The normalized spacial score (nSPS) is 14.7. The molecular formula is C19H12O8.